The van der Waals surface area contributed by atoms with E-state index in [9.17, 15) is 9.59 Å². The molecule has 1 N–H and O–H groups in total. The van der Waals surface area contributed by atoms with Gasteiger partial charge in [-0.05, 0) is 55.3 Å². The van der Waals surface area contributed by atoms with Gasteiger partial charge in [0.2, 0.25) is 12.7 Å². The quantitative estimate of drug-likeness (QED) is 0.631. The molecule has 0 aliphatic carbocycles. The van der Waals surface area contributed by atoms with Crippen LogP contribution in [0.15, 0.2) is 59.4 Å². The summed E-state index contributed by atoms with van der Waals surface area (Å²) < 4.78 is 17.1. The predicted octanol–water partition coefficient (Wildman–Crippen LogP) is 2.57. The van der Waals surface area contributed by atoms with Crippen LogP contribution in [-0.4, -0.2) is 36.1 Å². The van der Waals surface area contributed by atoms with E-state index < -0.39 is 6.04 Å². The fraction of sp³-hybridized carbons (Fsp3) is 0.261. The van der Waals surface area contributed by atoms with Crippen LogP contribution in [0.2, 0.25) is 0 Å². The van der Waals surface area contributed by atoms with Crippen molar-refractivity contribution in [3.63, 3.8) is 0 Å². The first-order valence-electron chi connectivity index (χ1n) is 9.95. The average Bonchev–Trinajstić information content (AvgIpc) is 3.27. The molecule has 4 rings (SSSR count). The highest BCUT2D eigenvalue weighted by Gasteiger charge is 2.19. The van der Waals surface area contributed by atoms with Crippen LogP contribution in [-0.2, 0) is 11.2 Å². The number of carbonyl (C=O) groups is 1. The van der Waals surface area contributed by atoms with E-state index in [1.807, 2.05) is 30.3 Å². The predicted molar refractivity (Wildman–Crippen MR) is 114 cm³/mol. The lowest BCUT2D eigenvalue weighted by Gasteiger charge is -2.15. The van der Waals surface area contributed by atoms with Gasteiger partial charge in [-0.1, -0.05) is 12.1 Å². The lowest BCUT2D eigenvalue weighted by Crippen LogP contribution is -2.37. The van der Waals surface area contributed by atoms with Crippen LogP contribution >= 0.6 is 0 Å². The second kappa shape index (κ2) is 8.91. The summed E-state index contributed by atoms with van der Waals surface area (Å²) in [6.07, 6.45) is 0.648. The van der Waals surface area contributed by atoms with Crippen LogP contribution in [0.3, 0.4) is 0 Å². The summed E-state index contributed by atoms with van der Waals surface area (Å²) in [5.74, 6) is 1.79. The van der Waals surface area contributed by atoms with Gasteiger partial charge in [0.25, 0.3) is 5.56 Å². The van der Waals surface area contributed by atoms with Crippen LogP contribution in [0.5, 0.6) is 17.2 Å². The van der Waals surface area contributed by atoms with Crippen LogP contribution < -0.4 is 25.1 Å². The third kappa shape index (κ3) is 4.53. The third-order valence-electron chi connectivity index (χ3n) is 5.09. The molecule has 1 unspecified atom stereocenters. The number of nitrogens with one attached hydrogen (secondary N) is 1. The van der Waals surface area contributed by atoms with Crippen molar-refractivity contribution in [2.75, 3.05) is 20.4 Å². The number of methoxy groups -OCH3 is 1. The van der Waals surface area contributed by atoms with Crippen molar-refractivity contribution in [3.05, 3.63) is 70.5 Å². The van der Waals surface area contributed by atoms with Crippen molar-refractivity contribution in [1.29, 1.82) is 0 Å². The fourth-order valence-corrected chi connectivity index (χ4v) is 3.33. The van der Waals surface area contributed by atoms with E-state index >= 15 is 0 Å². The van der Waals surface area contributed by atoms with Gasteiger partial charge in [-0.2, -0.15) is 5.10 Å². The number of fused-ring (bicyclic) bond motifs is 1. The molecule has 1 aliphatic rings. The Kier molecular flexibility index (Phi) is 5.88. The molecule has 31 heavy (non-hydrogen) atoms. The van der Waals surface area contributed by atoms with Crippen molar-refractivity contribution in [1.82, 2.24) is 15.1 Å². The maximum atomic E-state index is 12.6. The van der Waals surface area contributed by atoms with Crippen molar-refractivity contribution < 1.29 is 19.0 Å². The van der Waals surface area contributed by atoms with Gasteiger partial charge in [0.15, 0.2) is 11.5 Å². The molecule has 2 heterocycles. The van der Waals surface area contributed by atoms with Gasteiger partial charge in [0.05, 0.1) is 12.8 Å². The van der Waals surface area contributed by atoms with E-state index in [0.717, 1.165) is 16.9 Å². The maximum absolute atomic E-state index is 12.6. The number of ether oxygens (including phenoxy) is 3. The molecule has 1 amide bonds. The maximum Gasteiger partial charge on any atom is 0.267 e. The van der Waals surface area contributed by atoms with E-state index in [0.29, 0.717) is 30.2 Å². The summed E-state index contributed by atoms with van der Waals surface area (Å²) in [5.41, 5.74) is 2.03. The Bertz CT molecular complexity index is 1160. The summed E-state index contributed by atoms with van der Waals surface area (Å²) >= 11 is 0. The second-order valence-corrected chi connectivity index (χ2v) is 7.14. The Morgan fingerprint density at radius 3 is 2.84 bits per heavy atom. The smallest absolute Gasteiger partial charge is 0.267 e. The average molecular weight is 421 g/mol. The monoisotopic (exact) mass is 421 g/mol. The topological polar surface area (TPSA) is 91.7 Å². The molecule has 0 bridgehead atoms. The van der Waals surface area contributed by atoms with Crippen molar-refractivity contribution in [2.24, 2.45) is 0 Å². The molecule has 0 spiro atoms. The molecular weight excluding hydrogens is 398 g/mol. The van der Waals surface area contributed by atoms with Gasteiger partial charge in [-0.3, -0.25) is 9.59 Å². The third-order valence-corrected chi connectivity index (χ3v) is 5.09. The highest BCUT2D eigenvalue weighted by Crippen LogP contribution is 2.35. The lowest BCUT2D eigenvalue weighted by atomic mass is 10.1. The number of aromatic nitrogens is 2. The summed E-state index contributed by atoms with van der Waals surface area (Å²) in [6, 6.07) is 15.4. The molecule has 2 aromatic carbocycles. The Morgan fingerprint density at radius 1 is 1.16 bits per heavy atom. The van der Waals surface area contributed by atoms with E-state index in [-0.39, 0.29) is 18.3 Å². The number of hydrogen-bond acceptors (Lipinski definition) is 6. The number of benzene rings is 2. The number of amides is 1. The largest absolute Gasteiger partial charge is 0.497 e. The van der Waals surface area contributed by atoms with E-state index in [1.165, 1.54) is 10.7 Å². The number of hydrogen-bond donors (Lipinski definition) is 1. The Balaban J connectivity index is 1.45. The summed E-state index contributed by atoms with van der Waals surface area (Å²) in [7, 11) is 1.62. The van der Waals surface area contributed by atoms with Gasteiger partial charge >= 0.3 is 0 Å². The van der Waals surface area contributed by atoms with E-state index in [4.69, 9.17) is 14.2 Å². The van der Waals surface area contributed by atoms with Gasteiger partial charge in [0, 0.05) is 18.2 Å². The van der Waals surface area contributed by atoms with Gasteiger partial charge in [0.1, 0.15) is 11.8 Å². The molecular formula is C23H23N3O5. The molecule has 160 valence electrons. The fourth-order valence-electron chi connectivity index (χ4n) is 3.33. The Labute approximate surface area is 179 Å². The van der Waals surface area contributed by atoms with Crippen LogP contribution in [0.4, 0.5) is 0 Å². The standard InChI is InChI=1S/C23H23N3O5/c1-15(23(28)24-11-10-16-4-3-5-18(12-16)29-2)26-22(27)9-7-19(25-26)17-6-8-20-21(13-17)31-14-30-20/h3-9,12-13,15H,10-11,14H2,1-2H3,(H,24,28). The molecule has 0 radical (unpaired) electrons. The van der Waals surface area contributed by atoms with Gasteiger partial charge < -0.3 is 19.5 Å². The minimum Gasteiger partial charge on any atom is -0.497 e. The molecule has 3 aromatic rings. The summed E-state index contributed by atoms with van der Waals surface area (Å²) in [6.45, 7) is 2.27. The van der Waals surface area contributed by atoms with Crippen LogP contribution in [0.1, 0.15) is 18.5 Å². The molecule has 1 aromatic heterocycles. The SMILES string of the molecule is COc1cccc(CCNC(=O)C(C)n2nc(-c3ccc4c(c3)OCO4)ccc2=O)c1. The van der Waals surface area contributed by atoms with Crippen molar-refractivity contribution >= 4 is 5.91 Å². The highest BCUT2D eigenvalue weighted by molar-refractivity contribution is 5.79. The summed E-state index contributed by atoms with van der Waals surface area (Å²) in [4.78, 5) is 25.0. The molecule has 1 aliphatic heterocycles. The Hall–Kier alpha value is -3.81. The second-order valence-electron chi connectivity index (χ2n) is 7.14. The van der Waals surface area contributed by atoms with E-state index in [2.05, 4.69) is 10.4 Å². The number of carbonyl (C=O) groups excluding carboxylic acids is 1. The molecule has 0 fully saturated rings. The lowest BCUT2D eigenvalue weighted by molar-refractivity contribution is -0.124. The first kappa shape index (κ1) is 20.5. The number of nitrogens with zero attached hydrogens (tertiary/aromatic N) is 2. The zero-order valence-corrected chi connectivity index (χ0v) is 17.3. The van der Waals surface area contributed by atoms with Crippen molar-refractivity contribution in [2.45, 2.75) is 19.4 Å². The van der Waals surface area contributed by atoms with Crippen molar-refractivity contribution in [3.8, 4) is 28.5 Å². The van der Waals surface area contributed by atoms with E-state index in [1.54, 1.807) is 32.2 Å². The minimum absolute atomic E-state index is 0.179. The van der Waals surface area contributed by atoms with Crippen LogP contribution in [0, 0.1) is 0 Å². The van der Waals surface area contributed by atoms with Crippen LogP contribution in [0.25, 0.3) is 11.3 Å². The molecule has 8 heteroatoms. The number of rotatable bonds is 7. The molecule has 8 nitrogen and oxygen atoms in total. The zero-order valence-electron chi connectivity index (χ0n) is 17.3. The first-order valence-corrected chi connectivity index (χ1v) is 9.95. The van der Waals surface area contributed by atoms with Gasteiger partial charge in [-0.15, -0.1) is 0 Å². The van der Waals surface area contributed by atoms with Gasteiger partial charge in [-0.25, -0.2) is 4.68 Å². The Morgan fingerprint density at radius 2 is 2.00 bits per heavy atom. The highest BCUT2D eigenvalue weighted by atomic mass is 16.7. The zero-order chi connectivity index (χ0) is 21.8. The minimum atomic E-state index is -0.758. The summed E-state index contributed by atoms with van der Waals surface area (Å²) in [5, 5.41) is 7.28. The molecule has 1 atom stereocenters. The molecule has 0 saturated carbocycles. The first-order chi connectivity index (χ1) is 15.0. The normalized spacial score (nSPS) is 13.0. The molecule has 0 saturated heterocycles.